The van der Waals surface area contributed by atoms with Gasteiger partial charge in [0.2, 0.25) is 17.7 Å². The summed E-state index contributed by atoms with van der Waals surface area (Å²) in [5.74, 6) is -0.596. The van der Waals surface area contributed by atoms with Crippen molar-refractivity contribution in [2.75, 3.05) is 30.0 Å². The van der Waals surface area contributed by atoms with Gasteiger partial charge in [0.05, 0.1) is 37.4 Å². The van der Waals surface area contributed by atoms with Gasteiger partial charge >= 0.3 is 12.1 Å². The van der Waals surface area contributed by atoms with E-state index in [-0.39, 0.29) is 37.3 Å². The SMILES string of the molecule is CCOC(=O)CC(C)N1CC(=O)N(Cc2ccccc2)c2ccc(CCCOc3cc(C)nc(NC(=O)OC(C)(C)C)n3)cc2C1=O. The Labute approximate surface area is 275 Å². The number of hydrogen-bond acceptors (Lipinski definition) is 9. The number of amides is 3. The average molecular weight is 646 g/mol. The first-order valence-electron chi connectivity index (χ1n) is 15.7. The van der Waals surface area contributed by atoms with Gasteiger partial charge in [-0.25, -0.2) is 9.78 Å². The molecule has 3 aromatic rings. The van der Waals surface area contributed by atoms with E-state index >= 15 is 0 Å². The summed E-state index contributed by atoms with van der Waals surface area (Å²) < 4.78 is 16.2. The van der Waals surface area contributed by atoms with Crippen LogP contribution >= 0.6 is 0 Å². The second kappa shape index (κ2) is 15.5. The molecule has 0 radical (unpaired) electrons. The van der Waals surface area contributed by atoms with Crippen molar-refractivity contribution in [1.82, 2.24) is 14.9 Å². The molecule has 47 heavy (non-hydrogen) atoms. The molecule has 12 nitrogen and oxygen atoms in total. The number of carbonyl (C=O) groups is 4. The summed E-state index contributed by atoms with van der Waals surface area (Å²) >= 11 is 0. The first-order chi connectivity index (χ1) is 22.3. The van der Waals surface area contributed by atoms with Crippen LogP contribution in [-0.4, -0.2) is 70.1 Å². The Hall–Kier alpha value is -5.00. The highest BCUT2D eigenvalue weighted by Gasteiger charge is 2.35. The number of rotatable bonds is 12. The van der Waals surface area contributed by atoms with Crippen molar-refractivity contribution in [3.05, 3.63) is 77.0 Å². The third kappa shape index (κ3) is 9.99. The van der Waals surface area contributed by atoms with Gasteiger partial charge in [0, 0.05) is 17.8 Å². The molecule has 1 aliphatic rings. The topological polar surface area (TPSA) is 140 Å². The van der Waals surface area contributed by atoms with Gasteiger partial charge in [-0.1, -0.05) is 36.4 Å². The molecule has 250 valence electrons. The van der Waals surface area contributed by atoms with E-state index in [1.165, 1.54) is 4.90 Å². The molecule has 0 bridgehead atoms. The molecule has 2 heterocycles. The van der Waals surface area contributed by atoms with Crippen LogP contribution in [0.3, 0.4) is 0 Å². The molecule has 3 amide bonds. The highest BCUT2D eigenvalue weighted by atomic mass is 16.6. The van der Waals surface area contributed by atoms with Gasteiger partial charge in [-0.3, -0.25) is 19.7 Å². The lowest BCUT2D eigenvalue weighted by molar-refractivity contribution is -0.144. The van der Waals surface area contributed by atoms with Crippen LogP contribution in [0.15, 0.2) is 54.6 Å². The van der Waals surface area contributed by atoms with Gasteiger partial charge in [0.15, 0.2) is 0 Å². The summed E-state index contributed by atoms with van der Waals surface area (Å²) in [6.07, 6.45) is 0.499. The maximum Gasteiger partial charge on any atom is 0.414 e. The van der Waals surface area contributed by atoms with Crippen molar-refractivity contribution in [3.8, 4) is 5.88 Å². The fraction of sp³-hybridized carbons (Fsp3) is 0.429. The lowest BCUT2D eigenvalue weighted by atomic mass is 10.0. The average Bonchev–Trinajstić information content (AvgIpc) is 3.09. The molecular formula is C35H43N5O7. The van der Waals surface area contributed by atoms with E-state index in [4.69, 9.17) is 14.2 Å². The largest absolute Gasteiger partial charge is 0.478 e. The summed E-state index contributed by atoms with van der Waals surface area (Å²) in [5.41, 5.74) is 2.68. The Morgan fingerprint density at radius 2 is 1.77 bits per heavy atom. The Bertz CT molecular complexity index is 1590. The lowest BCUT2D eigenvalue weighted by Gasteiger charge is -2.27. The molecule has 1 aliphatic heterocycles. The number of aryl methyl sites for hydroxylation is 2. The smallest absolute Gasteiger partial charge is 0.414 e. The number of nitrogens with zero attached hydrogens (tertiary/aromatic N) is 4. The highest BCUT2D eigenvalue weighted by molar-refractivity contribution is 6.10. The molecule has 1 aromatic heterocycles. The van der Waals surface area contributed by atoms with E-state index in [2.05, 4.69) is 15.3 Å². The van der Waals surface area contributed by atoms with E-state index < -0.39 is 23.7 Å². The number of carbonyl (C=O) groups excluding carboxylic acids is 4. The molecule has 4 rings (SSSR count). The minimum absolute atomic E-state index is 0.0184. The number of anilines is 2. The van der Waals surface area contributed by atoms with Crippen LogP contribution in [0, 0.1) is 6.92 Å². The van der Waals surface area contributed by atoms with E-state index in [9.17, 15) is 19.2 Å². The van der Waals surface area contributed by atoms with E-state index in [0.29, 0.717) is 48.8 Å². The zero-order valence-electron chi connectivity index (χ0n) is 27.9. The van der Waals surface area contributed by atoms with Crippen molar-refractivity contribution >= 4 is 35.5 Å². The number of benzene rings is 2. The quantitative estimate of drug-likeness (QED) is 0.200. The zero-order chi connectivity index (χ0) is 34.1. The van der Waals surface area contributed by atoms with E-state index in [0.717, 1.165) is 11.1 Å². The molecule has 1 N–H and O–H groups in total. The Kier molecular flexibility index (Phi) is 11.5. The normalized spacial score (nSPS) is 13.8. The van der Waals surface area contributed by atoms with Crippen molar-refractivity contribution in [2.24, 2.45) is 0 Å². The Morgan fingerprint density at radius 1 is 1.02 bits per heavy atom. The predicted molar refractivity (Wildman–Crippen MR) is 176 cm³/mol. The van der Waals surface area contributed by atoms with Gasteiger partial charge in [-0.15, -0.1) is 0 Å². The fourth-order valence-corrected chi connectivity index (χ4v) is 5.12. The summed E-state index contributed by atoms with van der Waals surface area (Å²) in [4.78, 5) is 63.6. The van der Waals surface area contributed by atoms with Crippen LogP contribution in [0.2, 0.25) is 0 Å². The van der Waals surface area contributed by atoms with Crippen molar-refractivity contribution in [1.29, 1.82) is 0 Å². The number of ether oxygens (including phenoxy) is 3. The van der Waals surface area contributed by atoms with Crippen LogP contribution in [0.1, 0.15) is 74.6 Å². The van der Waals surface area contributed by atoms with Crippen LogP contribution in [-0.2, 0) is 32.0 Å². The first-order valence-corrected chi connectivity index (χ1v) is 15.7. The first kappa shape index (κ1) is 34.9. The van der Waals surface area contributed by atoms with Gasteiger partial charge < -0.3 is 24.0 Å². The highest BCUT2D eigenvalue weighted by Crippen LogP contribution is 2.30. The minimum atomic E-state index is -0.664. The number of fused-ring (bicyclic) bond motifs is 1. The lowest BCUT2D eigenvalue weighted by Crippen LogP contribution is -2.44. The molecule has 1 atom stereocenters. The fourth-order valence-electron chi connectivity index (χ4n) is 5.12. The van der Waals surface area contributed by atoms with Gasteiger partial charge in [0.25, 0.3) is 5.91 Å². The number of aromatic nitrogens is 2. The predicted octanol–water partition coefficient (Wildman–Crippen LogP) is 5.47. The summed E-state index contributed by atoms with van der Waals surface area (Å²) in [6.45, 7) is 11.2. The van der Waals surface area contributed by atoms with Crippen molar-refractivity contribution < 1.29 is 33.4 Å². The van der Waals surface area contributed by atoms with E-state index in [1.807, 2.05) is 48.5 Å². The second-order valence-electron chi connectivity index (χ2n) is 12.4. The summed E-state index contributed by atoms with van der Waals surface area (Å²) in [6, 6.07) is 16.3. The maximum absolute atomic E-state index is 14.0. The van der Waals surface area contributed by atoms with E-state index in [1.54, 1.807) is 52.5 Å². The van der Waals surface area contributed by atoms with Crippen LogP contribution in [0.25, 0.3) is 0 Å². The second-order valence-corrected chi connectivity index (χ2v) is 12.4. The zero-order valence-corrected chi connectivity index (χ0v) is 27.9. The molecule has 0 fully saturated rings. The third-order valence-electron chi connectivity index (χ3n) is 7.24. The van der Waals surface area contributed by atoms with Gasteiger partial charge in [0.1, 0.15) is 12.1 Å². The summed E-state index contributed by atoms with van der Waals surface area (Å²) in [7, 11) is 0. The van der Waals surface area contributed by atoms with Crippen molar-refractivity contribution in [2.45, 2.75) is 79.0 Å². The minimum Gasteiger partial charge on any atom is -0.478 e. The molecular weight excluding hydrogens is 602 g/mol. The molecule has 0 aliphatic carbocycles. The molecule has 0 saturated carbocycles. The van der Waals surface area contributed by atoms with Crippen LogP contribution < -0.4 is 15.0 Å². The maximum atomic E-state index is 14.0. The van der Waals surface area contributed by atoms with Crippen molar-refractivity contribution in [3.63, 3.8) is 0 Å². The van der Waals surface area contributed by atoms with Crippen LogP contribution in [0.4, 0.5) is 16.4 Å². The van der Waals surface area contributed by atoms with Crippen LogP contribution in [0.5, 0.6) is 5.88 Å². The molecule has 0 saturated heterocycles. The molecule has 1 unspecified atom stereocenters. The standard InChI is InChI=1S/C35H43N5O7/c1-7-45-31(42)19-24(3)39-22-30(41)40(21-26-12-9-8-10-13-26)28-16-15-25(20-27(28)32(39)43)14-11-17-46-29-18-23(2)36-33(37-29)38-34(44)47-35(4,5)6/h8-10,12-13,15-16,18,20,24H,7,11,14,17,19,21-22H2,1-6H3,(H,36,37,38,44). The monoisotopic (exact) mass is 645 g/mol. The third-order valence-corrected chi connectivity index (χ3v) is 7.24. The molecule has 12 heteroatoms. The Balaban J connectivity index is 1.49. The Morgan fingerprint density at radius 3 is 2.47 bits per heavy atom. The molecule has 2 aromatic carbocycles. The number of hydrogen-bond donors (Lipinski definition) is 1. The van der Waals surface area contributed by atoms with Gasteiger partial charge in [-0.05, 0) is 77.6 Å². The summed E-state index contributed by atoms with van der Waals surface area (Å²) in [5, 5.41) is 2.53. The van der Waals surface area contributed by atoms with Gasteiger partial charge in [-0.2, -0.15) is 4.98 Å². The number of nitrogens with one attached hydrogen (secondary N) is 1. The molecule has 0 spiro atoms. The number of esters is 1.